The summed E-state index contributed by atoms with van der Waals surface area (Å²) in [5.74, 6) is -0.750. The van der Waals surface area contributed by atoms with E-state index in [1.54, 1.807) is 0 Å². The molecule has 0 aliphatic heterocycles. The molecule has 2 amide bonds. The van der Waals surface area contributed by atoms with E-state index in [1.165, 1.54) is 24.3 Å². The van der Waals surface area contributed by atoms with Crippen molar-refractivity contribution in [1.29, 1.82) is 0 Å². The lowest BCUT2D eigenvalue weighted by molar-refractivity contribution is -0.120. The fourth-order valence-electron chi connectivity index (χ4n) is 2.43. The minimum absolute atomic E-state index is 0.00601. The molecule has 8 heteroatoms. The number of carbonyl (C=O) groups is 2. The second-order valence-electron chi connectivity index (χ2n) is 6.36. The molecular formula is C19H21N3O4S. The van der Waals surface area contributed by atoms with Crippen molar-refractivity contribution in [2.75, 3.05) is 6.54 Å². The zero-order valence-corrected chi connectivity index (χ0v) is 15.5. The van der Waals surface area contributed by atoms with Gasteiger partial charge in [-0.2, -0.15) is 0 Å². The van der Waals surface area contributed by atoms with Gasteiger partial charge in [-0.3, -0.25) is 9.59 Å². The van der Waals surface area contributed by atoms with Crippen LogP contribution < -0.4 is 15.4 Å². The fraction of sp³-hybridized carbons (Fsp3) is 0.263. The maximum atomic E-state index is 12.5. The molecule has 0 aromatic heterocycles. The Kier molecular flexibility index (Phi) is 5.88. The second kappa shape index (κ2) is 8.32. The summed E-state index contributed by atoms with van der Waals surface area (Å²) in [4.78, 5) is 23.8. The second-order valence-corrected chi connectivity index (χ2v) is 8.13. The number of nitrogens with one attached hydrogen (secondary N) is 3. The Bertz CT molecular complexity index is 925. The number of hydrogen-bond donors (Lipinski definition) is 3. The Morgan fingerprint density at radius 3 is 2.44 bits per heavy atom. The molecule has 0 heterocycles. The largest absolute Gasteiger partial charge is 0.352 e. The van der Waals surface area contributed by atoms with E-state index in [9.17, 15) is 18.0 Å². The van der Waals surface area contributed by atoms with Crippen molar-refractivity contribution in [1.82, 2.24) is 15.4 Å². The van der Waals surface area contributed by atoms with E-state index in [0.29, 0.717) is 0 Å². The lowest BCUT2D eigenvalue weighted by Gasteiger charge is -2.09. The molecule has 0 saturated heterocycles. The van der Waals surface area contributed by atoms with Crippen LogP contribution in [0.4, 0.5) is 0 Å². The molecule has 142 valence electrons. The summed E-state index contributed by atoms with van der Waals surface area (Å²) < 4.78 is 27.4. The van der Waals surface area contributed by atoms with E-state index in [0.717, 1.165) is 18.4 Å². The van der Waals surface area contributed by atoms with Crippen LogP contribution in [-0.4, -0.2) is 32.8 Å². The third-order valence-electron chi connectivity index (χ3n) is 4.07. The third kappa shape index (κ3) is 5.63. The topological polar surface area (TPSA) is 104 Å². The lowest BCUT2D eigenvalue weighted by Crippen LogP contribution is -2.37. The van der Waals surface area contributed by atoms with Gasteiger partial charge < -0.3 is 10.6 Å². The van der Waals surface area contributed by atoms with E-state index < -0.39 is 15.9 Å². The molecule has 0 bridgehead atoms. The van der Waals surface area contributed by atoms with Crippen LogP contribution in [0.2, 0.25) is 0 Å². The van der Waals surface area contributed by atoms with Crippen LogP contribution in [-0.2, 0) is 21.4 Å². The van der Waals surface area contributed by atoms with Gasteiger partial charge in [0, 0.05) is 18.2 Å². The van der Waals surface area contributed by atoms with Crippen LogP contribution in [0.1, 0.15) is 28.8 Å². The van der Waals surface area contributed by atoms with Crippen LogP contribution in [0.3, 0.4) is 0 Å². The fourth-order valence-corrected chi connectivity index (χ4v) is 3.49. The van der Waals surface area contributed by atoms with E-state index in [2.05, 4.69) is 15.4 Å². The molecule has 2 aromatic rings. The van der Waals surface area contributed by atoms with Crippen molar-refractivity contribution in [3.63, 3.8) is 0 Å². The van der Waals surface area contributed by atoms with Crippen LogP contribution in [0.25, 0.3) is 0 Å². The molecule has 0 spiro atoms. The number of benzene rings is 2. The first-order valence-electron chi connectivity index (χ1n) is 8.65. The Hall–Kier alpha value is -2.71. The highest BCUT2D eigenvalue weighted by Crippen LogP contribution is 2.18. The standard InChI is InChI=1S/C19H21N3O4S/c23-18(22-16-9-10-16)13-20-19(24)15-7-4-8-17(11-15)27(25,26)21-12-14-5-2-1-3-6-14/h1-8,11,16,21H,9-10,12-13H2,(H,20,24)(H,22,23). The third-order valence-corrected chi connectivity index (χ3v) is 5.47. The maximum Gasteiger partial charge on any atom is 0.251 e. The molecule has 7 nitrogen and oxygen atoms in total. The molecule has 27 heavy (non-hydrogen) atoms. The average Bonchev–Trinajstić information content (AvgIpc) is 3.49. The van der Waals surface area contributed by atoms with Gasteiger partial charge in [-0.15, -0.1) is 0 Å². The molecule has 1 fully saturated rings. The average molecular weight is 387 g/mol. The van der Waals surface area contributed by atoms with Crippen molar-refractivity contribution in [2.45, 2.75) is 30.3 Å². The minimum Gasteiger partial charge on any atom is -0.352 e. The Labute approximate surface area is 158 Å². The molecule has 3 N–H and O–H groups in total. The molecule has 0 atom stereocenters. The van der Waals surface area contributed by atoms with Crippen molar-refractivity contribution < 1.29 is 18.0 Å². The van der Waals surface area contributed by atoms with Gasteiger partial charge in [-0.05, 0) is 36.6 Å². The van der Waals surface area contributed by atoms with Gasteiger partial charge in [0.2, 0.25) is 15.9 Å². The highest BCUT2D eigenvalue weighted by molar-refractivity contribution is 7.89. The molecule has 1 aliphatic rings. The summed E-state index contributed by atoms with van der Waals surface area (Å²) in [5.41, 5.74) is 1.01. The molecule has 0 radical (unpaired) electrons. The summed E-state index contributed by atoms with van der Waals surface area (Å²) in [5, 5.41) is 5.27. The van der Waals surface area contributed by atoms with Crippen LogP contribution in [0.5, 0.6) is 0 Å². The summed E-state index contributed by atoms with van der Waals surface area (Å²) in [6.07, 6.45) is 1.94. The van der Waals surface area contributed by atoms with Gasteiger partial charge in [0.05, 0.1) is 11.4 Å². The lowest BCUT2D eigenvalue weighted by atomic mass is 10.2. The highest BCUT2D eigenvalue weighted by Gasteiger charge is 2.23. The zero-order chi connectivity index (χ0) is 19.3. The smallest absolute Gasteiger partial charge is 0.251 e. The van der Waals surface area contributed by atoms with Crippen molar-refractivity contribution in [2.24, 2.45) is 0 Å². The van der Waals surface area contributed by atoms with Gasteiger partial charge >= 0.3 is 0 Å². The molecular weight excluding hydrogens is 366 g/mol. The molecule has 1 aliphatic carbocycles. The monoisotopic (exact) mass is 387 g/mol. The summed E-state index contributed by atoms with van der Waals surface area (Å²) in [6.45, 7) is 0.0134. The minimum atomic E-state index is -3.76. The zero-order valence-electron chi connectivity index (χ0n) is 14.6. The number of hydrogen-bond acceptors (Lipinski definition) is 4. The van der Waals surface area contributed by atoms with E-state index in [1.807, 2.05) is 30.3 Å². The summed E-state index contributed by atoms with van der Waals surface area (Å²) >= 11 is 0. The number of sulfonamides is 1. The maximum absolute atomic E-state index is 12.5. The van der Waals surface area contributed by atoms with Gasteiger partial charge in [0.1, 0.15) is 0 Å². The van der Waals surface area contributed by atoms with Crippen molar-refractivity contribution in [3.05, 3.63) is 65.7 Å². The van der Waals surface area contributed by atoms with E-state index in [-0.39, 0.29) is 35.5 Å². The summed E-state index contributed by atoms with van der Waals surface area (Å²) in [7, 11) is -3.76. The van der Waals surface area contributed by atoms with Gasteiger partial charge in [-0.1, -0.05) is 36.4 Å². The predicted octanol–water partition coefficient (Wildman–Crippen LogP) is 1.17. The van der Waals surface area contributed by atoms with Gasteiger partial charge in [-0.25, -0.2) is 13.1 Å². The first-order chi connectivity index (χ1) is 12.9. The van der Waals surface area contributed by atoms with E-state index >= 15 is 0 Å². The quantitative estimate of drug-likeness (QED) is 0.632. The van der Waals surface area contributed by atoms with Gasteiger partial charge in [0.25, 0.3) is 5.91 Å². The number of rotatable bonds is 8. The predicted molar refractivity (Wildman–Crippen MR) is 100 cm³/mol. The SMILES string of the molecule is O=C(CNC(=O)c1cccc(S(=O)(=O)NCc2ccccc2)c1)NC1CC1. The molecule has 2 aromatic carbocycles. The molecule has 0 unspecified atom stereocenters. The molecule has 1 saturated carbocycles. The van der Waals surface area contributed by atoms with Gasteiger partial charge in [0.15, 0.2) is 0 Å². The first kappa shape index (κ1) is 19.1. The van der Waals surface area contributed by atoms with Crippen LogP contribution >= 0.6 is 0 Å². The van der Waals surface area contributed by atoms with E-state index in [4.69, 9.17) is 0 Å². The summed E-state index contributed by atoms with van der Waals surface area (Å²) in [6, 6.07) is 15.1. The van der Waals surface area contributed by atoms with Crippen LogP contribution in [0.15, 0.2) is 59.5 Å². The Morgan fingerprint density at radius 1 is 1.00 bits per heavy atom. The Morgan fingerprint density at radius 2 is 1.74 bits per heavy atom. The Balaban J connectivity index is 1.61. The van der Waals surface area contributed by atoms with Crippen molar-refractivity contribution in [3.8, 4) is 0 Å². The normalized spacial score (nSPS) is 13.8. The van der Waals surface area contributed by atoms with Crippen LogP contribution in [0, 0.1) is 0 Å². The highest BCUT2D eigenvalue weighted by atomic mass is 32.2. The van der Waals surface area contributed by atoms with Crippen molar-refractivity contribution >= 4 is 21.8 Å². The molecule has 3 rings (SSSR count). The number of carbonyl (C=O) groups excluding carboxylic acids is 2. The number of amides is 2. The first-order valence-corrected chi connectivity index (χ1v) is 10.1.